The zero-order valence-corrected chi connectivity index (χ0v) is 17.6. The minimum absolute atomic E-state index is 0.128. The first-order valence-electron chi connectivity index (χ1n) is 9.64. The van der Waals surface area contributed by atoms with Crippen molar-refractivity contribution in [2.45, 2.75) is 44.4 Å². The number of halogens is 1. The largest absolute Gasteiger partial charge is 0.462 e. The standard InChI is InChI=1S/C21H21BrN2O5/c1-2-3-9-28-19(26)17-18(23)29-15-6-4-5-14(25)16(15)21(17)12-10-11(22)7-8-13(12)24-20(21)27/h7-8,10H,2-6,9,23H2,1H3,(H,24,27)/t21-/m1/s1. The van der Waals surface area contributed by atoms with Crippen molar-refractivity contribution in [3.8, 4) is 0 Å². The van der Waals surface area contributed by atoms with E-state index in [1.54, 1.807) is 18.2 Å². The lowest BCUT2D eigenvalue weighted by Crippen LogP contribution is -2.49. The van der Waals surface area contributed by atoms with Crippen molar-refractivity contribution in [1.29, 1.82) is 0 Å². The summed E-state index contributed by atoms with van der Waals surface area (Å²) in [6.45, 7) is 2.16. The molecule has 7 nitrogen and oxygen atoms in total. The van der Waals surface area contributed by atoms with E-state index in [9.17, 15) is 14.4 Å². The molecule has 1 aromatic carbocycles. The molecule has 29 heavy (non-hydrogen) atoms. The van der Waals surface area contributed by atoms with Gasteiger partial charge in [0, 0.05) is 28.6 Å². The molecule has 0 radical (unpaired) electrons. The predicted octanol–water partition coefficient (Wildman–Crippen LogP) is 3.19. The fourth-order valence-corrected chi connectivity index (χ4v) is 4.60. The van der Waals surface area contributed by atoms with Gasteiger partial charge in [-0.05, 0) is 31.0 Å². The van der Waals surface area contributed by atoms with Gasteiger partial charge in [-0.1, -0.05) is 29.3 Å². The number of rotatable bonds is 4. The van der Waals surface area contributed by atoms with Crippen LogP contribution >= 0.6 is 15.9 Å². The predicted molar refractivity (Wildman–Crippen MR) is 108 cm³/mol. The highest BCUT2D eigenvalue weighted by Gasteiger charge is 2.61. The van der Waals surface area contributed by atoms with Gasteiger partial charge in [-0.3, -0.25) is 9.59 Å². The second kappa shape index (κ2) is 7.33. The summed E-state index contributed by atoms with van der Waals surface area (Å²) in [4.78, 5) is 39.6. The van der Waals surface area contributed by atoms with Gasteiger partial charge in [-0.25, -0.2) is 4.79 Å². The number of carbonyl (C=O) groups is 3. The third-order valence-corrected chi connectivity index (χ3v) is 6.00. The van der Waals surface area contributed by atoms with E-state index < -0.39 is 17.3 Å². The monoisotopic (exact) mass is 460 g/mol. The molecule has 1 aromatic rings. The number of ketones is 1. The topological polar surface area (TPSA) is 108 Å². The summed E-state index contributed by atoms with van der Waals surface area (Å²) in [5.74, 6) is -1.30. The van der Waals surface area contributed by atoms with Crippen molar-refractivity contribution >= 4 is 39.3 Å². The average molecular weight is 461 g/mol. The summed E-state index contributed by atoms with van der Waals surface area (Å²) < 4.78 is 11.8. The van der Waals surface area contributed by atoms with Crippen LogP contribution in [0.15, 0.2) is 45.5 Å². The number of anilines is 1. The Morgan fingerprint density at radius 1 is 1.34 bits per heavy atom. The molecule has 2 aliphatic heterocycles. The lowest BCUT2D eigenvalue weighted by molar-refractivity contribution is -0.141. The Labute approximate surface area is 176 Å². The van der Waals surface area contributed by atoms with E-state index in [0.29, 0.717) is 40.7 Å². The minimum atomic E-state index is -1.67. The smallest absolute Gasteiger partial charge is 0.341 e. The number of hydrogen-bond donors (Lipinski definition) is 2. The van der Waals surface area contributed by atoms with Crippen LogP contribution in [0.2, 0.25) is 0 Å². The molecule has 0 saturated heterocycles. The summed E-state index contributed by atoms with van der Waals surface area (Å²) in [5.41, 5.74) is 5.58. The summed E-state index contributed by atoms with van der Waals surface area (Å²) in [6, 6.07) is 5.24. The molecule has 8 heteroatoms. The maximum Gasteiger partial charge on any atom is 0.341 e. The molecular formula is C21H21BrN2O5. The Morgan fingerprint density at radius 2 is 2.14 bits per heavy atom. The zero-order valence-electron chi connectivity index (χ0n) is 16.0. The molecule has 0 aromatic heterocycles. The van der Waals surface area contributed by atoms with Crippen LogP contribution in [-0.2, 0) is 29.3 Å². The molecule has 3 aliphatic rings. The van der Waals surface area contributed by atoms with E-state index >= 15 is 0 Å². The molecule has 3 N–H and O–H groups in total. The Bertz CT molecular complexity index is 997. The number of amides is 1. The highest BCUT2D eigenvalue weighted by molar-refractivity contribution is 9.10. The van der Waals surface area contributed by atoms with Gasteiger partial charge in [0.15, 0.2) is 5.78 Å². The number of ether oxygens (including phenoxy) is 2. The number of hydrogen-bond acceptors (Lipinski definition) is 6. The molecular weight excluding hydrogens is 440 g/mol. The molecule has 152 valence electrons. The van der Waals surface area contributed by atoms with Crippen molar-refractivity contribution in [3.63, 3.8) is 0 Å². The maximum absolute atomic E-state index is 13.4. The van der Waals surface area contributed by atoms with Crippen LogP contribution in [0.25, 0.3) is 0 Å². The second-order valence-electron chi connectivity index (χ2n) is 7.30. The van der Waals surface area contributed by atoms with Gasteiger partial charge >= 0.3 is 5.97 Å². The number of unbranched alkanes of at least 4 members (excludes halogenated alkanes) is 1. The average Bonchev–Trinajstić information content (AvgIpc) is 2.94. The number of fused-ring (bicyclic) bond motifs is 3. The minimum Gasteiger partial charge on any atom is -0.462 e. The van der Waals surface area contributed by atoms with Crippen molar-refractivity contribution in [2.75, 3.05) is 11.9 Å². The third kappa shape index (κ3) is 2.88. The number of nitrogens with one attached hydrogen (secondary N) is 1. The highest BCUT2D eigenvalue weighted by Crippen LogP contribution is 2.54. The van der Waals surface area contributed by atoms with Crippen molar-refractivity contribution in [1.82, 2.24) is 0 Å². The zero-order chi connectivity index (χ0) is 20.8. The van der Waals surface area contributed by atoms with E-state index in [4.69, 9.17) is 15.2 Å². The quantitative estimate of drug-likeness (QED) is 0.527. The number of carbonyl (C=O) groups excluding carboxylic acids is 3. The molecule has 0 saturated carbocycles. The molecule has 0 fully saturated rings. The summed E-state index contributed by atoms with van der Waals surface area (Å²) >= 11 is 3.43. The first kappa shape index (κ1) is 19.7. The number of nitrogens with two attached hydrogens (primary N) is 1. The van der Waals surface area contributed by atoms with Crippen molar-refractivity contribution in [2.24, 2.45) is 5.73 Å². The summed E-state index contributed by atoms with van der Waals surface area (Å²) in [7, 11) is 0. The molecule has 1 amide bonds. The van der Waals surface area contributed by atoms with Crippen LogP contribution in [-0.4, -0.2) is 24.3 Å². The van der Waals surface area contributed by atoms with Crippen molar-refractivity contribution < 1.29 is 23.9 Å². The number of Topliss-reactive ketones (excluding diaryl/α,β-unsaturated/α-hetero) is 1. The van der Waals surface area contributed by atoms with Gasteiger partial charge in [0.2, 0.25) is 11.8 Å². The van der Waals surface area contributed by atoms with E-state index in [2.05, 4.69) is 21.2 Å². The van der Waals surface area contributed by atoms with Gasteiger partial charge in [-0.2, -0.15) is 0 Å². The molecule has 0 bridgehead atoms. The van der Waals surface area contributed by atoms with Crippen molar-refractivity contribution in [3.05, 3.63) is 51.0 Å². The fourth-order valence-electron chi connectivity index (χ4n) is 4.23. The number of allylic oxidation sites excluding steroid dienone is 1. The van der Waals surface area contributed by atoms with Crippen LogP contribution in [0.5, 0.6) is 0 Å². The Kier molecular flexibility index (Phi) is 4.98. The normalized spacial score (nSPS) is 23.0. The fraction of sp³-hybridized carbons (Fsp3) is 0.381. The van der Waals surface area contributed by atoms with Crippen LogP contribution in [0.4, 0.5) is 5.69 Å². The van der Waals surface area contributed by atoms with Crippen LogP contribution in [0.3, 0.4) is 0 Å². The first-order valence-corrected chi connectivity index (χ1v) is 10.4. The number of benzene rings is 1. The van der Waals surface area contributed by atoms with Gasteiger partial charge < -0.3 is 20.5 Å². The molecule has 1 aliphatic carbocycles. The van der Waals surface area contributed by atoms with E-state index in [-0.39, 0.29) is 35.8 Å². The highest BCUT2D eigenvalue weighted by atomic mass is 79.9. The SMILES string of the molecule is CCCCOC(=O)C1=C(N)OC2=C(C(=O)CCC2)[C@@]12C(=O)Nc1ccc(Br)cc12. The van der Waals surface area contributed by atoms with Gasteiger partial charge in [0.1, 0.15) is 16.7 Å². The molecule has 2 heterocycles. The third-order valence-electron chi connectivity index (χ3n) is 5.50. The first-order chi connectivity index (χ1) is 13.9. The second-order valence-corrected chi connectivity index (χ2v) is 8.22. The van der Waals surface area contributed by atoms with E-state index in [1.165, 1.54) is 0 Å². The number of esters is 1. The Hall–Kier alpha value is -2.61. The van der Waals surface area contributed by atoms with Gasteiger partial charge in [-0.15, -0.1) is 0 Å². The van der Waals surface area contributed by atoms with Gasteiger partial charge in [0.25, 0.3) is 0 Å². The molecule has 0 unspecified atom stereocenters. The lowest BCUT2D eigenvalue weighted by atomic mass is 9.65. The van der Waals surface area contributed by atoms with Crippen LogP contribution < -0.4 is 11.1 Å². The Morgan fingerprint density at radius 3 is 2.90 bits per heavy atom. The Balaban J connectivity index is 1.97. The van der Waals surface area contributed by atoms with E-state index in [0.717, 1.165) is 6.42 Å². The lowest BCUT2D eigenvalue weighted by Gasteiger charge is -2.38. The summed E-state index contributed by atoms with van der Waals surface area (Å²) in [6.07, 6.45) is 2.86. The molecule has 1 atom stereocenters. The molecule has 1 spiro atoms. The van der Waals surface area contributed by atoms with Crippen LogP contribution in [0, 0.1) is 0 Å². The maximum atomic E-state index is 13.4. The molecule has 4 rings (SSSR count). The van der Waals surface area contributed by atoms with Crippen LogP contribution in [0.1, 0.15) is 44.6 Å². The van der Waals surface area contributed by atoms with E-state index in [1.807, 2.05) is 6.92 Å². The van der Waals surface area contributed by atoms with Gasteiger partial charge in [0.05, 0.1) is 12.2 Å². The summed E-state index contributed by atoms with van der Waals surface area (Å²) in [5, 5.41) is 2.81.